The monoisotopic (exact) mass is 443 g/mol. The Morgan fingerprint density at radius 1 is 1.10 bits per heavy atom. The van der Waals surface area contributed by atoms with Crippen molar-refractivity contribution in [2.45, 2.75) is 52.2 Å². The molecule has 1 aliphatic rings. The van der Waals surface area contributed by atoms with Crippen LogP contribution in [0.1, 0.15) is 39.2 Å². The number of likely N-dealkylation sites (tertiary alicyclic amines) is 1. The van der Waals surface area contributed by atoms with E-state index in [1.165, 1.54) is 11.8 Å². The second-order valence-corrected chi connectivity index (χ2v) is 8.76. The van der Waals surface area contributed by atoms with Gasteiger partial charge in [0.1, 0.15) is 0 Å². The average Bonchev–Trinajstić information content (AvgIpc) is 3.21. The second kappa shape index (κ2) is 10.8. The zero-order chi connectivity index (χ0) is 22.4. The SMILES string of the molecule is CCN(CC)C(=O)C1CCN(C(=O)CSc2nnc(-c3ccccc3C)n2CC)CC1. The van der Waals surface area contributed by atoms with E-state index in [0.29, 0.717) is 18.8 Å². The maximum Gasteiger partial charge on any atom is 0.233 e. The van der Waals surface area contributed by atoms with E-state index in [4.69, 9.17) is 0 Å². The normalized spacial score (nSPS) is 14.6. The molecule has 7 nitrogen and oxygen atoms in total. The summed E-state index contributed by atoms with van der Waals surface area (Å²) in [6.07, 6.45) is 1.49. The molecule has 0 N–H and O–H groups in total. The zero-order valence-electron chi connectivity index (χ0n) is 19.0. The summed E-state index contributed by atoms with van der Waals surface area (Å²) >= 11 is 1.44. The minimum atomic E-state index is 0.0384. The lowest BCUT2D eigenvalue weighted by atomic mass is 9.95. The Balaban J connectivity index is 1.57. The first-order valence-corrected chi connectivity index (χ1v) is 12.2. The number of amides is 2. The fourth-order valence-electron chi connectivity index (χ4n) is 4.09. The largest absolute Gasteiger partial charge is 0.343 e. The number of hydrogen-bond acceptors (Lipinski definition) is 5. The summed E-state index contributed by atoms with van der Waals surface area (Å²) in [4.78, 5) is 29.1. The number of aromatic nitrogens is 3. The van der Waals surface area contributed by atoms with Crippen molar-refractivity contribution in [1.29, 1.82) is 0 Å². The van der Waals surface area contributed by atoms with Crippen LogP contribution in [0.4, 0.5) is 0 Å². The van der Waals surface area contributed by atoms with E-state index >= 15 is 0 Å². The molecule has 1 aliphatic heterocycles. The molecule has 0 saturated carbocycles. The van der Waals surface area contributed by atoms with Crippen LogP contribution in [0.5, 0.6) is 0 Å². The van der Waals surface area contributed by atoms with Crippen molar-refractivity contribution in [3.05, 3.63) is 29.8 Å². The molecule has 1 fully saturated rings. The van der Waals surface area contributed by atoms with Crippen LogP contribution in [-0.4, -0.2) is 68.3 Å². The quantitative estimate of drug-likeness (QED) is 0.584. The molecular formula is C23H33N5O2S. The molecule has 2 aromatic rings. The number of hydrogen-bond donors (Lipinski definition) is 0. The van der Waals surface area contributed by atoms with Gasteiger partial charge in [-0.05, 0) is 46.1 Å². The fraction of sp³-hybridized carbons (Fsp3) is 0.565. The Kier molecular flexibility index (Phi) is 8.12. The molecule has 3 rings (SSSR count). The van der Waals surface area contributed by atoms with Gasteiger partial charge in [-0.2, -0.15) is 0 Å². The van der Waals surface area contributed by atoms with Crippen LogP contribution in [0, 0.1) is 12.8 Å². The molecule has 168 valence electrons. The van der Waals surface area contributed by atoms with E-state index in [-0.39, 0.29) is 17.7 Å². The molecular weight excluding hydrogens is 410 g/mol. The van der Waals surface area contributed by atoms with E-state index in [0.717, 1.165) is 54.6 Å². The molecule has 1 saturated heterocycles. The lowest BCUT2D eigenvalue weighted by Gasteiger charge is -2.33. The number of nitrogens with zero attached hydrogens (tertiary/aromatic N) is 5. The standard InChI is InChI=1S/C23H33N5O2S/c1-5-26(6-2)22(30)18-12-14-27(15-13-18)20(29)16-31-23-25-24-21(28(23)7-3)19-11-9-8-10-17(19)4/h8-11,18H,5-7,12-16H2,1-4H3. The van der Waals surface area contributed by atoms with Crippen LogP contribution >= 0.6 is 11.8 Å². The van der Waals surface area contributed by atoms with E-state index in [2.05, 4.69) is 40.7 Å². The minimum Gasteiger partial charge on any atom is -0.343 e. The van der Waals surface area contributed by atoms with Crippen molar-refractivity contribution in [3.63, 3.8) is 0 Å². The molecule has 1 aromatic carbocycles. The highest BCUT2D eigenvalue weighted by Crippen LogP contribution is 2.27. The summed E-state index contributed by atoms with van der Waals surface area (Å²) in [7, 11) is 0. The predicted octanol–water partition coefficient (Wildman–Crippen LogP) is 3.47. The van der Waals surface area contributed by atoms with E-state index in [9.17, 15) is 9.59 Å². The van der Waals surface area contributed by atoms with E-state index in [1.807, 2.05) is 35.8 Å². The summed E-state index contributed by atoms with van der Waals surface area (Å²) in [5.41, 5.74) is 2.22. The summed E-state index contributed by atoms with van der Waals surface area (Å²) in [5, 5.41) is 9.51. The molecule has 0 unspecified atom stereocenters. The Hall–Kier alpha value is -2.35. The van der Waals surface area contributed by atoms with Gasteiger partial charge in [0.15, 0.2) is 11.0 Å². The van der Waals surface area contributed by atoms with Crippen LogP contribution in [0.3, 0.4) is 0 Å². The van der Waals surface area contributed by atoms with Crippen LogP contribution in [0.15, 0.2) is 29.4 Å². The van der Waals surface area contributed by atoms with Crippen molar-refractivity contribution >= 4 is 23.6 Å². The Morgan fingerprint density at radius 3 is 2.39 bits per heavy atom. The molecule has 0 radical (unpaired) electrons. The molecule has 0 spiro atoms. The highest BCUT2D eigenvalue weighted by molar-refractivity contribution is 7.99. The van der Waals surface area contributed by atoms with Crippen LogP contribution in [-0.2, 0) is 16.1 Å². The van der Waals surface area contributed by atoms with Gasteiger partial charge in [-0.25, -0.2) is 0 Å². The number of carbonyl (C=O) groups excluding carboxylic acids is 2. The molecule has 0 bridgehead atoms. The van der Waals surface area contributed by atoms with Crippen LogP contribution < -0.4 is 0 Å². The number of rotatable bonds is 8. The maximum absolute atomic E-state index is 12.8. The van der Waals surface area contributed by atoms with Crippen molar-refractivity contribution in [3.8, 4) is 11.4 Å². The molecule has 2 heterocycles. The number of thioether (sulfide) groups is 1. The van der Waals surface area contributed by atoms with Crippen molar-refractivity contribution in [2.24, 2.45) is 5.92 Å². The third kappa shape index (κ3) is 5.29. The third-order valence-electron chi connectivity index (χ3n) is 6.02. The third-order valence-corrected chi connectivity index (χ3v) is 6.97. The van der Waals surface area contributed by atoms with E-state index < -0.39 is 0 Å². The molecule has 8 heteroatoms. The summed E-state index contributed by atoms with van der Waals surface area (Å²) in [6, 6.07) is 8.13. The first-order valence-electron chi connectivity index (χ1n) is 11.2. The average molecular weight is 444 g/mol. The second-order valence-electron chi connectivity index (χ2n) is 7.82. The molecule has 0 aliphatic carbocycles. The van der Waals surface area contributed by atoms with Gasteiger partial charge in [0, 0.05) is 44.2 Å². The lowest BCUT2D eigenvalue weighted by Crippen LogP contribution is -2.44. The predicted molar refractivity (Wildman–Crippen MR) is 124 cm³/mol. The highest BCUT2D eigenvalue weighted by atomic mass is 32.2. The number of benzene rings is 1. The molecule has 1 aromatic heterocycles. The molecule has 2 amide bonds. The van der Waals surface area contributed by atoms with Crippen LogP contribution in [0.25, 0.3) is 11.4 Å². The van der Waals surface area contributed by atoms with Gasteiger partial charge in [-0.3, -0.25) is 9.59 Å². The van der Waals surface area contributed by atoms with Gasteiger partial charge in [0.2, 0.25) is 11.8 Å². The van der Waals surface area contributed by atoms with Gasteiger partial charge < -0.3 is 14.4 Å². The lowest BCUT2D eigenvalue weighted by molar-refractivity contribution is -0.139. The topological polar surface area (TPSA) is 71.3 Å². The zero-order valence-corrected chi connectivity index (χ0v) is 19.8. The smallest absolute Gasteiger partial charge is 0.233 e. The fourth-order valence-corrected chi connectivity index (χ4v) is 5.00. The van der Waals surface area contributed by atoms with Crippen LogP contribution in [0.2, 0.25) is 0 Å². The van der Waals surface area contributed by atoms with Gasteiger partial charge in [0.25, 0.3) is 0 Å². The highest BCUT2D eigenvalue weighted by Gasteiger charge is 2.29. The molecule has 31 heavy (non-hydrogen) atoms. The number of carbonyl (C=O) groups is 2. The van der Waals surface area contributed by atoms with Crippen molar-refractivity contribution in [2.75, 3.05) is 31.9 Å². The summed E-state index contributed by atoms with van der Waals surface area (Å²) in [6.45, 7) is 11.7. The van der Waals surface area contributed by atoms with Gasteiger partial charge in [-0.1, -0.05) is 36.0 Å². The van der Waals surface area contributed by atoms with Gasteiger partial charge in [0.05, 0.1) is 5.75 Å². The van der Waals surface area contributed by atoms with Crippen molar-refractivity contribution < 1.29 is 9.59 Å². The van der Waals surface area contributed by atoms with Crippen molar-refractivity contribution in [1.82, 2.24) is 24.6 Å². The molecule has 0 atom stereocenters. The Labute approximate surface area is 189 Å². The van der Waals surface area contributed by atoms with Gasteiger partial charge >= 0.3 is 0 Å². The number of piperidine rings is 1. The van der Waals surface area contributed by atoms with E-state index in [1.54, 1.807) is 0 Å². The number of aryl methyl sites for hydroxylation is 1. The Bertz CT molecular complexity index is 901. The maximum atomic E-state index is 12.8. The summed E-state index contributed by atoms with van der Waals surface area (Å²) in [5.74, 6) is 1.54. The first kappa shape index (κ1) is 23.3. The Morgan fingerprint density at radius 2 is 1.77 bits per heavy atom. The minimum absolute atomic E-state index is 0.0384. The van der Waals surface area contributed by atoms with Gasteiger partial charge in [-0.15, -0.1) is 10.2 Å². The first-order chi connectivity index (χ1) is 15.0. The summed E-state index contributed by atoms with van der Waals surface area (Å²) < 4.78 is 2.06.